The third-order valence-corrected chi connectivity index (χ3v) is 3.42. The Hall–Kier alpha value is -0.0400. The first-order valence-electron chi connectivity index (χ1n) is 4.94. The summed E-state index contributed by atoms with van der Waals surface area (Å²) in [6.07, 6.45) is 4.23. The molecule has 4 unspecified atom stereocenters. The van der Waals surface area contributed by atoms with E-state index in [9.17, 15) is 0 Å². The number of nitrogens with two attached hydrogens (primary N) is 1. The minimum absolute atomic E-state index is 0.573. The first-order valence-corrected chi connectivity index (χ1v) is 4.94. The topological polar surface area (TPSA) is 26.0 Å². The van der Waals surface area contributed by atoms with Crippen molar-refractivity contribution in [3.8, 4) is 0 Å². The molecule has 2 aliphatic carbocycles. The Labute approximate surface area is 69.4 Å². The quantitative estimate of drug-likeness (QED) is 0.659. The van der Waals surface area contributed by atoms with Crippen molar-refractivity contribution >= 4 is 0 Å². The molecule has 0 amide bonds. The van der Waals surface area contributed by atoms with E-state index in [2.05, 4.69) is 13.8 Å². The van der Waals surface area contributed by atoms with Gasteiger partial charge in [0.05, 0.1) is 0 Å². The van der Waals surface area contributed by atoms with Gasteiger partial charge in [-0.05, 0) is 42.9 Å². The lowest BCUT2D eigenvalue weighted by molar-refractivity contribution is 0.486. The molecular weight excluding hydrogens is 134 g/mol. The molecule has 2 fully saturated rings. The summed E-state index contributed by atoms with van der Waals surface area (Å²) in [7, 11) is 0. The van der Waals surface area contributed by atoms with Gasteiger partial charge in [-0.25, -0.2) is 0 Å². The zero-order valence-corrected chi connectivity index (χ0v) is 7.59. The van der Waals surface area contributed by atoms with Crippen LogP contribution in [0.5, 0.6) is 0 Å². The highest BCUT2D eigenvalue weighted by molar-refractivity contribution is 4.97. The summed E-state index contributed by atoms with van der Waals surface area (Å²) in [5.74, 6) is 3.91. The summed E-state index contributed by atoms with van der Waals surface area (Å²) in [6.45, 7) is 4.69. The Kier molecular flexibility index (Phi) is 1.71. The zero-order chi connectivity index (χ0) is 8.01. The molecule has 0 aromatic carbocycles. The second-order valence-electron chi connectivity index (χ2n) is 4.80. The Morgan fingerprint density at radius 3 is 2.27 bits per heavy atom. The largest absolute Gasteiger partial charge is 0.327 e. The van der Waals surface area contributed by atoms with E-state index in [4.69, 9.17) is 5.73 Å². The maximum Gasteiger partial charge on any atom is 0.00710 e. The molecular formula is C10H19N. The van der Waals surface area contributed by atoms with E-state index in [1.165, 1.54) is 19.3 Å². The Bertz CT molecular complexity index is 153. The van der Waals surface area contributed by atoms with Crippen LogP contribution in [0.3, 0.4) is 0 Å². The Morgan fingerprint density at radius 2 is 1.91 bits per heavy atom. The molecule has 2 aliphatic rings. The summed E-state index contributed by atoms with van der Waals surface area (Å²) in [6, 6.07) is 0.573. The van der Waals surface area contributed by atoms with Crippen LogP contribution in [-0.4, -0.2) is 6.04 Å². The van der Waals surface area contributed by atoms with Crippen LogP contribution in [0.1, 0.15) is 33.1 Å². The van der Waals surface area contributed by atoms with Crippen molar-refractivity contribution in [2.24, 2.45) is 29.4 Å². The first kappa shape index (κ1) is 7.60. The van der Waals surface area contributed by atoms with Gasteiger partial charge in [0.25, 0.3) is 0 Å². The zero-order valence-electron chi connectivity index (χ0n) is 7.59. The molecule has 1 nitrogen and oxygen atoms in total. The minimum atomic E-state index is 0.573. The van der Waals surface area contributed by atoms with Crippen molar-refractivity contribution < 1.29 is 0 Å². The van der Waals surface area contributed by atoms with Crippen LogP contribution in [0.2, 0.25) is 0 Å². The predicted molar refractivity (Wildman–Crippen MR) is 47.1 cm³/mol. The Balaban J connectivity index is 1.68. The number of hydrogen-bond acceptors (Lipinski definition) is 1. The molecule has 2 N–H and O–H groups in total. The van der Waals surface area contributed by atoms with Gasteiger partial charge in [-0.15, -0.1) is 0 Å². The minimum Gasteiger partial charge on any atom is -0.327 e. The summed E-state index contributed by atoms with van der Waals surface area (Å²) in [5.41, 5.74) is 5.76. The monoisotopic (exact) mass is 153 g/mol. The Morgan fingerprint density at radius 1 is 1.27 bits per heavy atom. The second-order valence-corrected chi connectivity index (χ2v) is 4.80. The standard InChI is InChI=1S/C10H19N/c1-6(2)9-4-7(9)3-8-5-10(8)11/h6-10H,3-5,11H2,1-2H3. The molecule has 0 radical (unpaired) electrons. The van der Waals surface area contributed by atoms with Crippen LogP contribution in [0.25, 0.3) is 0 Å². The molecule has 2 saturated carbocycles. The molecule has 0 aromatic heterocycles. The molecule has 0 aliphatic heterocycles. The highest BCUT2D eigenvalue weighted by Crippen LogP contribution is 2.51. The van der Waals surface area contributed by atoms with Crippen molar-refractivity contribution in [1.29, 1.82) is 0 Å². The van der Waals surface area contributed by atoms with Gasteiger partial charge in [-0.2, -0.15) is 0 Å². The predicted octanol–water partition coefficient (Wildman–Crippen LogP) is 2.02. The smallest absolute Gasteiger partial charge is 0.00710 e. The van der Waals surface area contributed by atoms with Gasteiger partial charge in [0.15, 0.2) is 0 Å². The molecule has 0 saturated heterocycles. The second kappa shape index (κ2) is 2.48. The van der Waals surface area contributed by atoms with Gasteiger partial charge in [0.2, 0.25) is 0 Å². The van der Waals surface area contributed by atoms with Gasteiger partial charge >= 0.3 is 0 Å². The summed E-state index contributed by atoms with van der Waals surface area (Å²) < 4.78 is 0. The van der Waals surface area contributed by atoms with Gasteiger partial charge < -0.3 is 5.73 Å². The van der Waals surface area contributed by atoms with Gasteiger partial charge in [-0.3, -0.25) is 0 Å². The van der Waals surface area contributed by atoms with Crippen LogP contribution in [0, 0.1) is 23.7 Å². The number of hydrogen-bond donors (Lipinski definition) is 1. The lowest BCUT2D eigenvalue weighted by Crippen LogP contribution is -2.03. The number of rotatable bonds is 3. The average molecular weight is 153 g/mol. The van der Waals surface area contributed by atoms with Gasteiger partial charge in [0, 0.05) is 6.04 Å². The van der Waals surface area contributed by atoms with Crippen LogP contribution in [-0.2, 0) is 0 Å². The SMILES string of the molecule is CC(C)C1CC1CC1CC1N. The van der Waals surface area contributed by atoms with Crippen molar-refractivity contribution in [1.82, 2.24) is 0 Å². The van der Waals surface area contributed by atoms with Crippen molar-refractivity contribution in [3.05, 3.63) is 0 Å². The first-order chi connectivity index (χ1) is 5.18. The van der Waals surface area contributed by atoms with Crippen LogP contribution < -0.4 is 5.73 Å². The highest BCUT2D eigenvalue weighted by Gasteiger charge is 2.44. The van der Waals surface area contributed by atoms with E-state index in [1.807, 2.05) is 0 Å². The lowest BCUT2D eigenvalue weighted by atomic mass is 10.0. The molecule has 0 heterocycles. The maximum absolute atomic E-state index is 5.76. The van der Waals surface area contributed by atoms with Crippen LogP contribution in [0.15, 0.2) is 0 Å². The maximum atomic E-state index is 5.76. The fourth-order valence-corrected chi connectivity index (χ4v) is 2.29. The van der Waals surface area contributed by atoms with E-state index in [0.29, 0.717) is 6.04 Å². The molecule has 64 valence electrons. The fraction of sp³-hybridized carbons (Fsp3) is 1.00. The van der Waals surface area contributed by atoms with E-state index in [1.54, 1.807) is 0 Å². The van der Waals surface area contributed by atoms with E-state index in [0.717, 1.165) is 23.7 Å². The summed E-state index contributed by atoms with van der Waals surface area (Å²) in [4.78, 5) is 0. The lowest BCUT2D eigenvalue weighted by Gasteiger charge is -2.01. The molecule has 11 heavy (non-hydrogen) atoms. The third-order valence-electron chi connectivity index (χ3n) is 3.42. The molecule has 0 bridgehead atoms. The summed E-state index contributed by atoms with van der Waals surface area (Å²) >= 11 is 0. The van der Waals surface area contributed by atoms with E-state index in [-0.39, 0.29) is 0 Å². The van der Waals surface area contributed by atoms with Crippen LogP contribution >= 0.6 is 0 Å². The summed E-state index contributed by atoms with van der Waals surface area (Å²) in [5, 5.41) is 0. The van der Waals surface area contributed by atoms with E-state index < -0.39 is 0 Å². The van der Waals surface area contributed by atoms with Crippen molar-refractivity contribution in [3.63, 3.8) is 0 Å². The van der Waals surface area contributed by atoms with E-state index >= 15 is 0 Å². The average Bonchev–Trinajstić information content (AvgIpc) is 2.75. The normalized spacial score (nSPS) is 48.0. The van der Waals surface area contributed by atoms with Gasteiger partial charge in [0.1, 0.15) is 0 Å². The van der Waals surface area contributed by atoms with Crippen molar-refractivity contribution in [2.45, 2.75) is 39.2 Å². The third kappa shape index (κ3) is 1.58. The van der Waals surface area contributed by atoms with Crippen molar-refractivity contribution in [2.75, 3.05) is 0 Å². The fourth-order valence-electron chi connectivity index (χ4n) is 2.29. The molecule has 2 rings (SSSR count). The molecule has 0 aromatic rings. The van der Waals surface area contributed by atoms with Gasteiger partial charge in [-0.1, -0.05) is 13.8 Å². The molecule has 1 heteroatoms. The molecule has 4 atom stereocenters. The van der Waals surface area contributed by atoms with Crippen LogP contribution in [0.4, 0.5) is 0 Å². The molecule has 0 spiro atoms. The highest BCUT2D eigenvalue weighted by atomic mass is 14.7.